The Kier molecular flexibility index (Phi) is 4.12. The van der Waals surface area contributed by atoms with Gasteiger partial charge in [0.05, 0.1) is 12.3 Å². The van der Waals surface area contributed by atoms with Gasteiger partial charge in [0.25, 0.3) is 0 Å². The van der Waals surface area contributed by atoms with E-state index in [1.807, 2.05) is 0 Å². The predicted octanol–water partition coefficient (Wildman–Crippen LogP) is 3.09. The van der Waals surface area contributed by atoms with Gasteiger partial charge < -0.3 is 4.74 Å². The van der Waals surface area contributed by atoms with Crippen molar-refractivity contribution in [1.29, 1.82) is 0 Å². The van der Waals surface area contributed by atoms with E-state index in [2.05, 4.69) is 45.4 Å². The summed E-state index contributed by atoms with van der Waals surface area (Å²) in [5.41, 5.74) is 1.20. The average Bonchev–Trinajstić information content (AvgIpc) is 2.52. The zero-order chi connectivity index (χ0) is 13.2. The van der Waals surface area contributed by atoms with Crippen molar-refractivity contribution >= 4 is 11.9 Å². The monoisotopic (exact) mass is 238 g/mol. The third-order valence-electron chi connectivity index (χ3n) is 3.36. The van der Waals surface area contributed by atoms with E-state index in [0.29, 0.717) is 0 Å². The number of ether oxygens (including phenoxy) is 1. The minimum Gasteiger partial charge on any atom is -0.393 e. The van der Waals surface area contributed by atoms with Gasteiger partial charge in [0.15, 0.2) is 0 Å². The van der Waals surface area contributed by atoms with E-state index in [9.17, 15) is 9.59 Å². The Bertz CT molecular complexity index is 347. The quantitative estimate of drug-likeness (QED) is 0.431. The molecule has 1 rings (SSSR count). The van der Waals surface area contributed by atoms with Gasteiger partial charge in [0.2, 0.25) is 0 Å². The molecular weight excluding hydrogens is 216 g/mol. The van der Waals surface area contributed by atoms with Crippen molar-refractivity contribution in [3.05, 3.63) is 11.6 Å². The largest absolute Gasteiger partial charge is 0.393 e. The van der Waals surface area contributed by atoms with Gasteiger partial charge in [-0.05, 0) is 24.7 Å². The summed E-state index contributed by atoms with van der Waals surface area (Å²) in [4.78, 5) is 22.9. The van der Waals surface area contributed by atoms with Gasteiger partial charge in [0.1, 0.15) is 0 Å². The zero-order valence-corrected chi connectivity index (χ0v) is 11.4. The Morgan fingerprint density at radius 2 is 2.06 bits per heavy atom. The van der Waals surface area contributed by atoms with Crippen LogP contribution < -0.4 is 0 Å². The maximum Gasteiger partial charge on any atom is 0.317 e. The second kappa shape index (κ2) is 5.03. The van der Waals surface area contributed by atoms with Gasteiger partial charge in [-0.1, -0.05) is 39.3 Å². The first-order valence-electron chi connectivity index (χ1n) is 6.17. The van der Waals surface area contributed by atoms with E-state index in [1.165, 1.54) is 5.57 Å². The molecule has 0 aromatic carbocycles. The average molecular weight is 238 g/mol. The normalized spacial score (nSPS) is 23.8. The highest BCUT2D eigenvalue weighted by Gasteiger charge is 2.42. The van der Waals surface area contributed by atoms with Crippen LogP contribution in [0, 0.1) is 17.3 Å². The molecule has 1 heterocycles. The maximum absolute atomic E-state index is 11.7. The SMILES string of the molecule is CC/C(C)=C/C(C1CC(=O)OC1=O)C(C)(C)C. The number of carbonyl (C=O) groups is 2. The van der Waals surface area contributed by atoms with Gasteiger partial charge in [-0.2, -0.15) is 0 Å². The molecule has 1 fully saturated rings. The number of hydrogen-bond acceptors (Lipinski definition) is 3. The van der Waals surface area contributed by atoms with Crippen molar-refractivity contribution < 1.29 is 14.3 Å². The van der Waals surface area contributed by atoms with Crippen LogP contribution in [0.25, 0.3) is 0 Å². The summed E-state index contributed by atoms with van der Waals surface area (Å²) >= 11 is 0. The standard InChI is InChI=1S/C14H22O3/c1-6-9(2)7-11(14(3,4)5)10-8-12(15)17-13(10)16/h7,10-11H,6,8H2,1-5H3/b9-7+. The number of allylic oxidation sites excluding steroid dienone is 2. The topological polar surface area (TPSA) is 43.4 Å². The minimum absolute atomic E-state index is 0.0509. The van der Waals surface area contributed by atoms with Gasteiger partial charge in [0, 0.05) is 0 Å². The number of cyclic esters (lactones) is 2. The van der Waals surface area contributed by atoms with Gasteiger partial charge >= 0.3 is 11.9 Å². The fourth-order valence-electron chi connectivity index (χ4n) is 2.16. The van der Waals surface area contributed by atoms with Crippen molar-refractivity contribution in [2.45, 2.75) is 47.5 Å². The van der Waals surface area contributed by atoms with E-state index < -0.39 is 5.97 Å². The molecule has 96 valence electrons. The van der Waals surface area contributed by atoms with E-state index in [4.69, 9.17) is 0 Å². The third kappa shape index (κ3) is 3.42. The molecule has 0 saturated carbocycles. The first-order chi connectivity index (χ1) is 7.75. The summed E-state index contributed by atoms with van der Waals surface area (Å²) in [6.07, 6.45) is 3.31. The lowest BCUT2D eigenvalue weighted by Gasteiger charge is -2.31. The van der Waals surface area contributed by atoms with Crippen molar-refractivity contribution in [3.8, 4) is 0 Å². The van der Waals surface area contributed by atoms with Crippen LogP contribution in [-0.4, -0.2) is 11.9 Å². The lowest BCUT2D eigenvalue weighted by atomic mass is 9.71. The molecule has 0 bridgehead atoms. The summed E-state index contributed by atoms with van der Waals surface area (Å²) in [6.45, 7) is 10.4. The molecule has 1 aliphatic heterocycles. The van der Waals surface area contributed by atoms with Crippen molar-refractivity contribution in [2.75, 3.05) is 0 Å². The van der Waals surface area contributed by atoms with Crippen LogP contribution in [0.2, 0.25) is 0 Å². The summed E-state index contributed by atoms with van der Waals surface area (Å²) in [5, 5.41) is 0. The van der Waals surface area contributed by atoms with Crippen LogP contribution in [0.15, 0.2) is 11.6 Å². The molecule has 0 N–H and O–H groups in total. The number of hydrogen-bond donors (Lipinski definition) is 0. The molecule has 0 aromatic rings. The lowest BCUT2D eigenvalue weighted by Crippen LogP contribution is -2.29. The van der Waals surface area contributed by atoms with Crippen LogP contribution in [-0.2, 0) is 14.3 Å². The molecule has 2 unspecified atom stereocenters. The highest BCUT2D eigenvalue weighted by Crippen LogP contribution is 2.39. The molecule has 0 spiro atoms. The van der Waals surface area contributed by atoms with Gasteiger partial charge in [-0.15, -0.1) is 0 Å². The molecule has 3 nitrogen and oxygen atoms in total. The Hall–Kier alpha value is -1.12. The molecule has 3 heteroatoms. The summed E-state index contributed by atoms with van der Waals surface area (Å²) in [6, 6.07) is 0. The van der Waals surface area contributed by atoms with Crippen LogP contribution >= 0.6 is 0 Å². The Morgan fingerprint density at radius 1 is 1.47 bits per heavy atom. The van der Waals surface area contributed by atoms with Crippen LogP contribution in [0.1, 0.15) is 47.5 Å². The molecular formula is C14H22O3. The van der Waals surface area contributed by atoms with Gasteiger partial charge in [-0.3, -0.25) is 9.59 Å². The van der Waals surface area contributed by atoms with Gasteiger partial charge in [-0.25, -0.2) is 0 Å². The van der Waals surface area contributed by atoms with Crippen molar-refractivity contribution in [1.82, 2.24) is 0 Å². The molecule has 0 aromatic heterocycles. The van der Waals surface area contributed by atoms with E-state index >= 15 is 0 Å². The summed E-state index contributed by atoms with van der Waals surface area (Å²) in [7, 11) is 0. The van der Waals surface area contributed by atoms with E-state index in [0.717, 1.165) is 6.42 Å². The number of rotatable bonds is 3. The van der Waals surface area contributed by atoms with Crippen LogP contribution in [0.5, 0.6) is 0 Å². The first-order valence-corrected chi connectivity index (χ1v) is 6.17. The number of esters is 2. The zero-order valence-electron chi connectivity index (χ0n) is 11.4. The molecule has 1 saturated heterocycles. The van der Waals surface area contributed by atoms with Crippen LogP contribution in [0.4, 0.5) is 0 Å². The summed E-state index contributed by atoms with van der Waals surface area (Å²) < 4.78 is 4.66. The fraction of sp³-hybridized carbons (Fsp3) is 0.714. The van der Waals surface area contributed by atoms with E-state index in [1.54, 1.807) is 0 Å². The molecule has 0 aliphatic carbocycles. The highest BCUT2D eigenvalue weighted by molar-refractivity contribution is 5.95. The predicted molar refractivity (Wildman–Crippen MR) is 66.2 cm³/mol. The maximum atomic E-state index is 11.7. The highest BCUT2D eigenvalue weighted by atomic mass is 16.6. The second-order valence-electron chi connectivity index (χ2n) is 5.86. The second-order valence-corrected chi connectivity index (χ2v) is 5.86. The molecule has 1 aliphatic rings. The number of carbonyl (C=O) groups excluding carboxylic acids is 2. The molecule has 0 amide bonds. The third-order valence-corrected chi connectivity index (χ3v) is 3.36. The Balaban J connectivity index is 3.00. The van der Waals surface area contributed by atoms with Crippen molar-refractivity contribution in [3.63, 3.8) is 0 Å². The fourth-order valence-corrected chi connectivity index (χ4v) is 2.16. The van der Waals surface area contributed by atoms with E-state index in [-0.39, 0.29) is 29.6 Å². The smallest absolute Gasteiger partial charge is 0.317 e. The lowest BCUT2D eigenvalue weighted by molar-refractivity contribution is -0.153. The summed E-state index contributed by atoms with van der Waals surface area (Å²) in [5.74, 6) is -1.02. The van der Waals surface area contributed by atoms with Crippen molar-refractivity contribution in [2.24, 2.45) is 17.3 Å². The first kappa shape index (κ1) is 13.9. The van der Waals surface area contributed by atoms with Crippen LogP contribution in [0.3, 0.4) is 0 Å². The Labute approximate surface area is 103 Å². The Morgan fingerprint density at radius 3 is 2.41 bits per heavy atom. The molecule has 17 heavy (non-hydrogen) atoms. The molecule has 0 radical (unpaired) electrons. The molecule has 2 atom stereocenters. The minimum atomic E-state index is -0.392.